The minimum absolute atomic E-state index is 0. The number of nitrogens with two attached hydrogens (primary N) is 1. The molecule has 2 aromatic rings. The number of aromatic hydroxyl groups is 1. The highest BCUT2D eigenvalue weighted by Crippen LogP contribution is 2.41. The first-order valence-electron chi connectivity index (χ1n) is 10.3. The van der Waals surface area contributed by atoms with Gasteiger partial charge in [0.15, 0.2) is 0 Å². The van der Waals surface area contributed by atoms with Crippen molar-refractivity contribution in [3.05, 3.63) is 35.4 Å². The second-order valence-electron chi connectivity index (χ2n) is 7.88. The third-order valence-electron chi connectivity index (χ3n) is 5.70. The Kier molecular flexibility index (Phi) is 7.05. The average Bonchev–Trinajstić information content (AvgIpc) is 3.56. The fourth-order valence-corrected chi connectivity index (χ4v) is 3.91. The molecule has 1 atom stereocenters. The molecule has 2 fully saturated rings. The molecule has 1 aromatic carbocycles. The highest BCUT2D eigenvalue weighted by Gasteiger charge is 2.27. The van der Waals surface area contributed by atoms with Gasteiger partial charge in [-0.3, -0.25) is 4.79 Å². The molecule has 2 heterocycles. The van der Waals surface area contributed by atoms with E-state index in [0.717, 1.165) is 31.5 Å². The van der Waals surface area contributed by atoms with Gasteiger partial charge in [-0.1, -0.05) is 6.07 Å². The van der Waals surface area contributed by atoms with Gasteiger partial charge in [0, 0.05) is 13.6 Å². The third-order valence-corrected chi connectivity index (χ3v) is 5.70. The summed E-state index contributed by atoms with van der Waals surface area (Å²) in [6.45, 7) is 2.37. The van der Waals surface area contributed by atoms with Crippen molar-refractivity contribution in [2.75, 3.05) is 32.5 Å². The van der Waals surface area contributed by atoms with Crippen LogP contribution in [0, 0.1) is 5.92 Å². The predicted molar refractivity (Wildman–Crippen MR) is 119 cm³/mol. The summed E-state index contributed by atoms with van der Waals surface area (Å²) in [4.78, 5) is 17.0. The number of phenols is 1. The number of carbonyl (C=O) groups excluding carboxylic acids is 1. The van der Waals surface area contributed by atoms with Gasteiger partial charge in [-0.15, -0.1) is 12.4 Å². The molecule has 1 aromatic heterocycles. The molecule has 7 nitrogen and oxygen atoms in total. The maximum atomic E-state index is 12.5. The molecule has 1 unspecified atom stereocenters. The van der Waals surface area contributed by atoms with E-state index >= 15 is 0 Å². The molecule has 0 radical (unpaired) electrons. The number of nitrogen functional groups attached to an aromatic ring is 1. The Morgan fingerprint density at radius 3 is 2.83 bits per heavy atom. The van der Waals surface area contributed by atoms with Crippen molar-refractivity contribution in [3.8, 4) is 22.8 Å². The van der Waals surface area contributed by atoms with Crippen molar-refractivity contribution in [1.82, 2.24) is 15.6 Å². The number of anilines is 1. The summed E-state index contributed by atoms with van der Waals surface area (Å²) >= 11 is 0. The van der Waals surface area contributed by atoms with Crippen molar-refractivity contribution in [3.63, 3.8) is 0 Å². The van der Waals surface area contributed by atoms with Crippen LogP contribution in [-0.4, -0.2) is 42.7 Å². The number of hydrogen-bond acceptors (Lipinski definition) is 6. The summed E-state index contributed by atoms with van der Waals surface area (Å²) in [5.41, 5.74) is 8.58. The van der Waals surface area contributed by atoms with E-state index in [4.69, 9.17) is 10.5 Å². The van der Waals surface area contributed by atoms with Crippen LogP contribution in [0.1, 0.15) is 47.5 Å². The Morgan fingerprint density at radius 1 is 1.37 bits per heavy atom. The van der Waals surface area contributed by atoms with Crippen molar-refractivity contribution < 1.29 is 14.6 Å². The molecular weight excluding hydrogens is 404 g/mol. The maximum absolute atomic E-state index is 12.5. The van der Waals surface area contributed by atoms with Gasteiger partial charge in [-0.05, 0) is 67.8 Å². The molecule has 4 rings (SSSR count). The van der Waals surface area contributed by atoms with Gasteiger partial charge < -0.3 is 26.2 Å². The lowest BCUT2D eigenvalue weighted by Crippen LogP contribution is -2.31. The molecule has 8 heteroatoms. The van der Waals surface area contributed by atoms with E-state index in [1.54, 1.807) is 19.2 Å². The number of hydrogen-bond donors (Lipinski definition) is 4. The lowest BCUT2D eigenvalue weighted by molar-refractivity contribution is 0.0962. The summed E-state index contributed by atoms with van der Waals surface area (Å²) < 4.78 is 5.99. The fourth-order valence-electron chi connectivity index (χ4n) is 3.91. The summed E-state index contributed by atoms with van der Waals surface area (Å²) in [5, 5.41) is 16.7. The molecule has 162 valence electrons. The van der Waals surface area contributed by atoms with Crippen LogP contribution < -0.4 is 21.1 Å². The quantitative estimate of drug-likeness (QED) is 0.558. The minimum Gasteiger partial charge on any atom is -0.507 e. The Hall–Kier alpha value is -2.51. The lowest BCUT2D eigenvalue weighted by Gasteiger charge is -2.26. The van der Waals surface area contributed by atoms with Gasteiger partial charge in [-0.2, -0.15) is 0 Å². The second-order valence-corrected chi connectivity index (χ2v) is 7.88. The van der Waals surface area contributed by atoms with E-state index in [1.807, 2.05) is 12.1 Å². The zero-order valence-electron chi connectivity index (χ0n) is 17.1. The van der Waals surface area contributed by atoms with Crippen LogP contribution in [-0.2, 0) is 0 Å². The van der Waals surface area contributed by atoms with Gasteiger partial charge >= 0.3 is 0 Å². The van der Waals surface area contributed by atoms with Crippen LogP contribution in [0.5, 0.6) is 11.5 Å². The second kappa shape index (κ2) is 9.53. The van der Waals surface area contributed by atoms with E-state index < -0.39 is 0 Å². The van der Waals surface area contributed by atoms with Gasteiger partial charge in [-0.25, -0.2) is 4.98 Å². The number of benzene rings is 1. The van der Waals surface area contributed by atoms with E-state index in [-0.39, 0.29) is 35.8 Å². The number of halogens is 1. The number of phenolic OH excluding ortho intramolecular Hbond substituents is 1. The van der Waals surface area contributed by atoms with Crippen molar-refractivity contribution in [2.24, 2.45) is 5.92 Å². The Bertz CT molecular complexity index is 911. The van der Waals surface area contributed by atoms with Gasteiger partial charge in [0.1, 0.15) is 17.3 Å². The molecule has 1 aliphatic heterocycles. The van der Waals surface area contributed by atoms with Gasteiger partial charge in [0.25, 0.3) is 5.91 Å². The number of pyridine rings is 1. The number of carbonyl (C=O) groups is 1. The summed E-state index contributed by atoms with van der Waals surface area (Å²) in [6.07, 6.45) is 4.35. The topological polar surface area (TPSA) is 110 Å². The highest BCUT2D eigenvalue weighted by molar-refractivity contribution is 6.00. The van der Waals surface area contributed by atoms with Gasteiger partial charge in [0.2, 0.25) is 0 Å². The Balaban J connectivity index is 0.00000256. The summed E-state index contributed by atoms with van der Waals surface area (Å²) in [7, 11) is 1.59. The van der Waals surface area contributed by atoms with Crippen LogP contribution in [0.15, 0.2) is 24.3 Å². The average molecular weight is 433 g/mol. The van der Waals surface area contributed by atoms with E-state index in [2.05, 4.69) is 15.6 Å². The van der Waals surface area contributed by atoms with Crippen LogP contribution in [0.2, 0.25) is 0 Å². The van der Waals surface area contributed by atoms with Crippen LogP contribution >= 0.6 is 12.4 Å². The molecule has 2 aliphatic rings. The van der Waals surface area contributed by atoms with Crippen LogP contribution in [0.25, 0.3) is 11.3 Å². The molecule has 1 saturated heterocycles. The van der Waals surface area contributed by atoms with Gasteiger partial charge in [0.05, 0.1) is 23.4 Å². The van der Waals surface area contributed by atoms with Crippen molar-refractivity contribution in [1.29, 1.82) is 0 Å². The number of amides is 1. The number of rotatable bonds is 6. The Morgan fingerprint density at radius 2 is 2.17 bits per heavy atom. The van der Waals surface area contributed by atoms with E-state index in [1.165, 1.54) is 12.8 Å². The zero-order chi connectivity index (χ0) is 20.4. The monoisotopic (exact) mass is 432 g/mol. The molecule has 30 heavy (non-hydrogen) atoms. The SMILES string of the molecule is CNC(=O)c1c(C2CCCNC2)cc(-c2c(O)cccc2OCC2CC2)nc1N.Cl. The van der Waals surface area contributed by atoms with Crippen molar-refractivity contribution >= 4 is 24.1 Å². The van der Waals surface area contributed by atoms with E-state index in [0.29, 0.717) is 35.1 Å². The smallest absolute Gasteiger partial charge is 0.255 e. The lowest BCUT2D eigenvalue weighted by atomic mass is 9.87. The molecule has 1 aliphatic carbocycles. The first-order valence-corrected chi connectivity index (χ1v) is 10.3. The number of ether oxygens (including phenoxy) is 1. The van der Waals surface area contributed by atoms with Crippen LogP contribution in [0.4, 0.5) is 5.82 Å². The molecular formula is C22H29ClN4O3. The zero-order valence-corrected chi connectivity index (χ0v) is 17.9. The van der Waals surface area contributed by atoms with Crippen molar-refractivity contribution in [2.45, 2.75) is 31.6 Å². The first kappa shape index (κ1) is 22.2. The van der Waals surface area contributed by atoms with E-state index in [9.17, 15) is 9.90 Å². The summed E-state index contributed by atoms with van der Waals surface area (Å²) in [5.74, 6) is 1.34. The number of piperidine rings is 1. The predicted octanol–water partition coefficient (Wildman–Crippen LogP) is 3.07. The standard InChI is InChI=1S/C22H28N4O3.ClH/c1-24-22(28)19-15(14-4-3-9-25-11-14)10-16(26-21(19)23)20-17(27)5-2-6-18(20)29-12-13-7-8-13;/h2,5-6,10,13-14,25,27H,3-4,7-9,11-12H2,1H3,(H2,23,26)(H,24,28);1H. The fraction of sp³-hybridized carbons (Fsp3) is 0.455. The number of nitrogens with zero attached hydrogens (tertiary/aromatic N) is 1. The Labute approximate surface area is 182 Å². The third kappa shape index (κ3) is 4.63. The molecule has 1 saturated carbocycles. The molecule has 1 amide bonds. The molecule has 5 N–H and O–H groups in total. The molecule has 0 spiro atoms. The van der Waals surface area contributed by atoms with Crippen LogP contribution in [0.3, 0.4) is 0 Å². The minimum atomic E-state index is -0.246. The largest absolute Gasteiger partial charge is 0.507 e. The maximum Gasteiger partial charge on any atom is 0.255 e. The first-order chi connectivity index (χ1) is 14.1. The number of nitrogens with one attached hydrogen (secondary N) is 2. The highest BCUT2D eigenvalue weighted by atomic mass is 35.5. The number of aromatic nitrogens is 1. The summed E-state index contributed by atoms with van der Waals surface area (Å²) in [6, 6.07) is 7.10. The molecule has 0 bridgehead atoms. The normalized spacial score (nSPS) is 18.4.